The van der Waals surface area contributed by atoms with Crippen LogP contribution in [0.15, 0.2) is 36.4 Å². The Hall–Kier alpha value is -3.42. The maximum Gasteiger partial charge on any atom is 0.319 e. The van der Waals surface area contributed by atoms with E-state index in [1.807, 2.05) is 64.1 Å². The van der Waals surface area contributed by atoms with E-state index in [-0.39, 0.29) is 6.03 Å². The molecule has 8 heteroatoms. The van der Waals surface area contributed by atoms with Gasteiger partial charge in [-0.05, 0) is 45.9 Å². The summed E-state index contributed by atoms with van der Waals surface area (Å²) in [6, 6.07) is 11.3. The van der Waals surface area contributed by atoms with Crippen molar-refractivity contribution in [3.05, 3.63) is 59.2 Å². The number of hydrogen-bond donors (Lipinski definition) is 3. The molecule has 2 aromatic heterocycles. The molecular formula is C20H25N7O. The van der Waals surface area contributed by atoms with E-state index in [2.05, 4.69) is 31.0 Å². The first-order chi connectivity index (χ1) is 13.4. The molecule has 28 heavy (non-hydrogen) atoms. The number of rotatable bonds is 6. The third-order valence-electron chi connectivity index (χ3n) is 4.08. The molecule has 8 nitrogen and oxygen atoms in total. The smallest absolute Gasteiger partial charge is 0.319 e. The molecule has 3 N–H and O–H groups in total. The van der Waals surface area contributed by atoms with Crippen molar-refractivity contribution in [2.24, 2.45) is 0 Å². The Balaban J connectivity index is 1.52. The Morgan fingerprint density at radius 2 is 1.75 bits per heavy atom. The average Bonchev–Trinajstić information content (AvgIpc) is 2.98. The van der Waals surface area contributed by atoms with Gasteiger partial charge in [-0.3, -0.25) is 0 Å². The van der Waals surface area contributed by atoms with Gasteiger partial charge in [-0.15, -0.1) is 0 Å². The number of urea groups is 1. The predicted octanol–water partition coefficient (Wildman–Crippen LogP) is 3.13. The van der Waals surface area contributed by atoms with Gasteiger partial charge in [-0.25, -0.2) is 19.4 Å². The molecule has 0 saturated heterocycles. The summed E-state index contributed by atoms with van der Waals surface area (Å²) in [5.41, 5.74) is 3.86. The van der Waals surface area contributed by atoms with E-state index in [4.69, 9.17) is 0 Å². The summed E-state index contributed by atoms with van der Waals surface area (Å²) in [5, 5.41) is 13.3. The van der Waals surface area contributed by atoms with Gasteiger partial charge in [0, 0.05) is 30.5 Å². The molecule has 0 aliphatic heterocycles. The zero-order valence-corrected chi connectivity index (χ0v) is 16.6. The highest BCUT2D eigenvalue weighted by Gasteiger charge is 2.08. The first-order valence-corrected chi connectivity index (χ1v) is 9.15. The third kappa shape index (κ3) is 5.06. The van der Waals surface area contributed by atoms with E-state index in [1.54, 1.807) is 4.68 Å². The van der Waals surface area contributed by atoms with Crippen LogP contribution in [0.2, 0.25) is 0 Å². The molecule has 2 amide bonds. The Bertz CT molecular complexity index is 963. The fourth-order valence-electron chi connectivity index (χ4n) is 2.79. The number of anilines is 2. The molecule has 2 heterocycles. The first-order valence-electron chi connectivity index (χ1n) is 9.15. The van der Waals surface area contributed by atoms with E-state index >= 15 is 0 Å². The van der Waals surface area contributed by atoms with E-state index in [0.717, 1.165) is 22.6 Å². The van der Waals surface area contributed by atoms with E-state index in [1.165, 1.54) is 0 Å². The zero-order chi connectivity index (χ0) is 20.1. The van der Waals surface area contributed by atoms with Crippen molar-refractivity contribution in [3.8, 4) is 5.82 Å². The number of nitrogens with zero attached hydrogens (tertiary/aromatic N) is 4. The molecule has 0 unspecified atom stereocenters. The monoisotopic (exact) mass is 379 g/mol. The van der Waals surface area contributed by atoms with Crippen molar-refractivity contribution in [1.29, 1.82) is 0 Å². The van der Waals surface area contributed by atoms with Crippen molar-refractivity contribution in [1.82, 2.24) is 25.1 Å². The number of amides is 2. The molecule has 0 bridgehead atoms. The number of benzene rings is 1. The highest BCUT2D eigenvalue weighted by atomic mass is 16.2. The molecule has 3 aromatic rings. The predicted molar refractivity (Wildman–Crippen MR) is 110 cm³/mol. The normalized spacial score (nSPS) is 10.6. The summed E-state index contributed by atoms with van der Waals surface area (Å²) >= 11 is 0. The molecular weight excluding hydrogens is 354 g/mol. The summed E-state index contributed by atoms with van der Waals surface area (Å²) in [5.74, 6) is 2.05. The van der Waals surface area contributed by atoms with Gasteiger partial charge < -0.3 is 16.0 Å². The first kappa shape index (κ1) is 19.3. The lowest BCUT2D eigenvalue weighted by atomic mass is 10.2. The fraction of sp³-hybridized carbons (Fsp3) is 0.300. The molecule has 0 fully saturated rings. The summed E-state index contributed by atoms with van der Waals surface area (Å²) in [6.45, 7) is 8.77. The van der Waals surface area contributed by atoms with Crippen LogP contribution in [0.3, 0.4) is 0 Å². The van der Waals surface area contributed by atoms with Crippen LogP contribution < -0.4 is 16.0 Å². The Kier molecular flexibility index (Phi) is 5.88. The van der Waals surface area contributed by atoms with Gasteiger partial charge in [0.15, 0.2) is 5.82 Å². The lowest BCUT2D eigenvalue weighted by molar-refractivity contribution is 0.252. The van der Waals surface area contributed by atoms with Crippen LogP contribution in [-0.4, -0.2) is 38.9 Å². The Morgan fingerprint density at radius 1 is 1.00 bits per heavy atom. The minimum absolute atomic E-state index is 0.243. The Morgan fingerprint density at radius 3 is 2.43 bits per heavy atom. The highest BCUT2D eigenvalue weighted by molar-refractivity contribution is 5.89. The minimum Gasteiger partial charge on any atom is -0.368 e. The fourth-order valence-corrected chi connectivity index (χ4v) is 2.79. The van der Waals surface area contributed by atoms with Crippen LogP contribution in [0.25, 0.3) is 5.82 Å². The number of nitrogens with one attached hydrogen (secondary N) is 3. The average molecular weight is 379 g/mol. The second-order valence-electron chi connectivity index (χ2n) is 6.67. The van der Waals surface area contributed by atoms with Gasteiger partial charge in [-0.2, -0.15) is 5.10 Å². The number of aromatic nitrogens is 4. The molecule has 146 valence electrons. The minimum atomic E-state index is -0.243. The molecule has 0 saturated carbocycles. The van der Waals surface area contributed by atoms with Gasteiger partial charge in [0.2, 0.25) is 0 Å². The van der Waals surface area contributed by atoms with Gasteiger partial charge in [0.25, 0.3) is 0 Å². The van der Waals surface area contributed by atoms with Gasteiger partial charge in [0.1, 0.15) is 11.6 Å². The summed E-state index contributed by atoms with van der Waals surface area (Å²) in [4.78, 5) is 20.8. The quantitative estimate of drug-likeness (QED) is 0.572. The number of carbonyl (C=O) groups is 1. The molecule has 0 aliphatic rings. The lowest BCUT2D eigenvalue weighted by Gasteiger charge is -2.11. The van der Waals surface area contributed by atoms with E-state index < -0.39 is 0 Å². The molecule has 3 rings (SSSR count). The van der Waals surface area contributed by atoms with Crippen LogP contribution >= 0.6 is 0 Å². The SMILES string of the molecule is Cc1ccc(NC(=O)NCCNc2cc(-n3nc(C)cc3C)nc(C)n2)cc1. The van der Waals surface area contributed by atoms with Crippen molar-refractivity contribution in [3.63, 3.8) is 0 Å². The van der Waals surface area contributed by atoms with Crippen LogP contribution in [0.1, 0.15) is 22.8 Å². The number of carbonyl (C=O) groups excluding carboxylic acids is 1. The second-order valence-corrected chi connectivity index (χ2v) is 6.67. The number of aryl methyl sites for hydroxylation is 4. The summed E-state index contributed by atoms with van der Waals surface area (Å²) in [6.07, 6.45) is 0. The molecule has 0 atom stereocenters. The van der Waals surface area contributed by atoms with Crippen LogP contribution in [-0.2, 0) is 0 Å². The van der Waals surface area contributed by atoms with Crippen molar-refractivity contribution in [2.75, 3.05) is 23.7 Å². The van der Waals surface area contributed by atoms with Crippen LogP contribution in [0.4, 0.5) is 16.3 Å². The molecule has 1 aromatic carbocycles. The maximum atomic E-state index is 12.0. The largest absolute Gasteiger partial charge is 0.368 e. The van der Waals surface area contributed by atoms with E-state index in [0.29, 0.717) is 30.5 Å². The highest BCUT2D eigenvalue weighted by Crippen LogP contribution is 2.13. The third-order valence-corrected chi connectivity index (χ3v) is 4.08. The Labute approximate surface area is 164 Å². The van der Waals surface area contributed by atoms with Crippen molar-refractivity contribution >= 4 is 17.5 Å². The van der Waals surface area contributed by atoms with Gasteiger partial charge >= 0.3 is 6.03 Å². The summed E-state index contributed by atoms with van der Waals surface area (Å²) < 4.78 is 1.79. The van der Waals surface area contributed by atoms with E-state index in [9.17, 15) is 4.79 Å². The maximum absolute atomic E-state index is 12.0. The van der Waals surface area contributed by atoms with Gasteiger partial charge in [0.05, 0.1) is 5.69 Å². The molecule has 0 aliphatic carbocycles. The topological polar surface area (TPSA) is 96.8 Å². The van der Waals surface area contributed by atoms with Crippen molar-refractivity contribution in [2.45, 2.75) is 27.7 Å². The second kappa shape index (κ2) is 8.51. The van der Waals surface area contributed by atoms with Crippen molar-refractivity contribution < 1.29 is 4.79 Å². The lowest BCUT2D eigenvalue weighted by Crippen LogP contribution is -2.32. The standard InChI is InChI=1S/C20H25N7O/c1-13-5-7-17(8-6-13)25-20(28)22-10-9-21-18-12-19(24-16(4)23-18)27-15(3)11-14(2)26-27/h5-8,11-12H,9-10H2,1-4H3,(H,21,23,24)(H2,22,25,28). The zero-order valence-electron chi connectivity index (χ0n) is 16.6. The number of hydrogen-bond acceptors (Lipinski definition) is 5. The molecule has 0 radical (unpaired) electrons. The van der Waals surface area contributed by atoms with Crippen LogP contribution in [0.5, 0.6) is 0 Å². The molecule has 0 spiro atoms. The van der Waals surface area contributed by atoms with Gasteiger partial charge in [-0.1, -0.05) is 17.7 Å². The van der Waals surface area contributed by atoms with Crippen LogP contribution in [0, 0.1) is 27.7 Å². The summed E-state index contributed by atoms with van der Waals surface area (Å²) in [7, 11) is 0.